The zero-order valence-electron chi connectivity index (χ0n) is 14.2. The number of anilines is 1. The minimum atomic E-state index is -1.23. The normalized spacial score (nSPS) is 15.1. The minimum absolute atomic E-state index is 0.0146. The van der Waals surface area contributed by atoms with Gasteiger partial charge in [0, 0.05) is 6.07 Å². The summed E-state index contributed by atoms with van der Waals surface area (Å²) in [4.78, 5) is 34.4. The molecule has 3 rings (SSSR count). The molecule has 0 bridgehead atoms. The van der Waals surface area contributed by atoms with E-state index >= 15 is 0 Å². The Labute approximate surface area is 168 Å². The summed E-state index contributed by atoms with van der Waals surface area (Å²) in [5.74, 6) is -1.74. The van der Waals surface area contributed by atoms with Crippen LogP contribution in [0.4, 0.5) is 11.4 Å². The Hall–Kier alpha value is -3.23. The van der Waals surface area contributed by atoms with Gasteiger partial charge in [-0.3, -0.25) is 14.9 Å². The molecule has 10 heteroatoms. The molecule has 1 heterocycles. The molecule has 0 saturated heterocycles. The lowest BCUT2D eigenvalue weighted by molar-refractivity contribution is -0.384. The van der Waals surface area contributed by atoms with Crippen LogP contribution in [-0.4, -0.2) is 27.6 Å². The van der Waals surface area contributed by atoms with E-state index in [1.54, 1.807) is 6.92 Å². The second-order valence-electron chi connectivity index (χ2n) is 5.80. The number of carbonyl (C=O) groups excluding carboxylic acids is 1. The molecule has 0 unspecified atom stereocenters. The maximum atomic E-state index is 12.8. The van der Waals surface area contributed by atoms with Gasteiger partial charge < -0.3 is 5.11 Å². The number of hydrogen-bond donors (Lipinski definition) is 1. The van der Waals surface area contributed by atoms with Gasteiger partial charge in [0.1, 0.15) is 5.02 Å². The van der Waals surface area contributed by atoms with Crippen LogP contribution >= 0.6 is 23.2 Å². The van der Waals surface area contributed by atoms with Gasteiger partial charge in [-0.2, -0.15) is 10.1 Å². The van der Waals surface area contributed by atoms with Crippen molar-refractivity contribution in [3.8, 4) is 0 Å². The predicted molar refractivity (Wildman–Crippen MR) is 105 cm³/mol. The lowest BCUT2D eigenvalue weighted by Gasteiger charge is -2.13. The summed E-state index contributed by atoms with van der Waals surface area (Å²) in [6.45, 7) is 1.60. The quantitative estimate of drug-likeness (QED) is 0.447. The maximum Gasteiger partial charge on any atom is 0.337 e. The fourth-order valence-corrected chi connectivity index (χ4v) is 2.98. The third kappa shape index (κ3) is 3.60. The van der Waals surface area contributed by atoms with E-state index in [9.17, 15) is 24.8 Å². The van der Waals surface area contributed by atoms with Crippen LogP contribution in [0.15, 0.2) is 47.1 Å². The number of carbonyl (C=O) groups is 2. The number of carboxylic acids is 1. The second kappa shape index (κ2) is 7.41. The number of hydrazone groups is 1. The van der Waals surface area contributed by atoms with Gasteiger partial charge >= 0.3 is 5.97 Å². The third-order valence-corrected chi connectivity index (χ3v) is 4.61. The van der Waals surface area contributed by atoms with Gasteiger partial charge in [-0.1, -0.05) is 29.3 Å². The molecule has 0 saturated carbocycles. The van der Waals surface area contributed by atoms with Crippen molar-refractivity contribution in [2.75, 3.05) is 5.01 Å². The summed E-state index contributed by atoms with van der Waals surface area (Å²) < 4.78 is 0. The molecule has 1 amide bonds. The lowest BCUT2D eigenvalue weighted by Crippen LogP contribution is -2.21. The molecule has 0 aliphatic carbocycles. The summed E-state index contributed by atoms with van der Waals surface area (Å²) in [6.07, 6.45) is 1.46. The minimum Gasteiger partial charge on any atom is -0.478 e. The fraction of sp³-hybridized carbons (Fsp3) is 0.0556. The van der Waals surface area contributed by atoms with E-state index in [2.05, 4.69) is 5.10 Å². The van der Waals surface area contributed by atoms with Gasteiger partial charge in [0.15, 0.2) is 0 Å². The molecule has 2 aromatic rings. The van der Waals surface area contributed by atoms with Gasteiger partial charge in [0.2, 0.25) is 0 Å². The van der Waals surface area contributed by atoms with E-state index in [4.69, 9.17) is 23.2 Å². The highest BCUT2D eigenvalue weighted by Gasteiger charge is 2.29. The number of nitro benzene ring substituents is 1. The molecule has 1 aliphatic heterocycles. The molecule has 142 valence electrons. The molecule has 0 atom stereocenters. The van der Waals surface area contributed by atoms with Crippen LogP contribution in [-0.2, 0) is 4.79 Å². The van der Waals surface area contributed by atoms with E-state index in [1.807, 2.05) is 0 Å². The summed E-state index contributed by atoms with van der Waals surface area (Å²) in [6, 6.07) is 8.24. The molecule has 2 aromatic carbocycles. The molecule has 0 fully saturated rings. The highest BCUT2D eigenvalue weighted by molar-refractivity contribution is 6.34. The fourth-order valence-electron chi connectivity index (χ4n) is 2.59. The number of hydrogen-bond acceptors (Lipinski definition) is 5. The zero-order valence-corrected chi connectivity index (χ0v) is 15.7. The van der Waals surface area contributed by atoms with Gasteiger partial charge in [-0.25, -0.2) is 4.79 Å². The Bertz CT molecular complexity index is 1090. The van der Waals surface area contributed by atoms with Gasteiger partial charge in [-0.05, 0) is 42.8 Å². The van der Waals surface area contributed by atoms with Crippen molar-refractivity contribution in [3.63, 3.8) is 0 Å². The predicted octanol–water partition coefficient (Wildman–Crippen LogP) is 4.41. The number of halogens is 2. The first kappa shape index (κ1) is 19.5. The number of nitro groups is 1. The first-order valence-corrected chi connectivity index (χ1v) is 8.53. The molecule has 0 aromatic heterocycles. The van der Waals surface area contributed by atoms with E-state index in [1.165, 1.54) is 42.5 Å². The Morgan fingerprint density at radius 2 is 1.89 bits per heavy atom. The number of rotatable bonds is 4. The van der Waals surface area contributed by atoms with Crippen LogP contribution in [0.2, 0.25) is 10.0 Å². The second-order valence-corrected chi connectivity index (χ2v) is 6.61. The monoisotopic (exact) mass is 419 g/mol. The van der Waals surface area contributed by atoms with Crippen molar-refractivity contribution in [2.45, 2.75) is 6.92 Å². The van der Waals surface area contributed by atoms with E-state index < -0.39 is 16.8 Å². The Morgan fingerprint density at radius 1 is 1.21 bits per heavy atom. The summed E-state index contributed by atoms with van der Waals surface area (Å²) >= 11 is 11.7. The summed E-state index contributed by atoms with van der Waals surface area (Å²) in [5.41, 5.74) is 0.773. The maximum absolute atomic E-state index is 12.8. The lowest BCUT2D eigenvalue weighted by atomic mass is 10.1. The van der Waals surface area contributed by atoms with Gasteiger partial charge in [0.05, 0.1) is 32.5 Å². The van der Waals surface area contributed by atoms with Crippen LogP contribution in [0.1, 0.15) is 22.8 Å². The SMILES string of the molecule is CC1=NN(c2ccc(Cl)c(C(=O)O)c2)C(=O)/C1=C/c1ccc(Cl)c([N+](=O)[O-])c1. The zero-order chi connectivity index (χ0) is 20.6. The molecule has 0 radical (unpaired) electrons. The highest BCUT2D eigenvalue weighted by atomic mass is 35.5. The third-order valence-electron chi connectivity index (χ3n) is 3.97. The van der Waals surface area contributed by atoms with Crippen LogP contribution in [0.3, 0.4) is 0 Å². The first-order chi connectivity index (χ1) is 13.2. The van der Waals surface area contributed by atoms with Crippen molar-refractivity contribution >= 4 is 58.2 Å². The van der Waals surface area contributed by atoms with Crippen LogP contribution in [0.5, 0.6) is 0 Å². The molecular formula is C18H11Cl2N3O5. The van der Waals surface area contributed by atoms with E-state index in [0.717, 1.165) is 5.01 Å². The standard InChI is InChI=1S/C18H11Cl2N3O5/c1-9-12(6-10-2-4-15(20)16(7-10)23(27)28)17(24)22(21-9)11-3-5-14(19)13(8-11)18(25)26/h2-8H,1H3,(H,25,26)/b12-6+. The van der Waals surface area contributed by atoms with Crippen LogP contribution in [0.25, 0.3) is 6.08 Å². The topological polar surface area (TPSA) is 113 Å². The Morgan fingerprint density at radius 3 is 2.54 bits per heavy atom. The smallest absolute Gasteiger partial charge is 0.337 e. The Kier molecular flexibility index (Phi) is 5.17. The molecule has 1 N–H and O–H groups in total. The van der Waals surface area contributed by atoms with Gasteiger partial charge in [0.25, 0.3) is 11.6 Å². The van der Waals surface area contributed by atoms with E-state index in [0.29, 0.717) is 11.3 Å². The van der Waals surface area contributed by atoms with E-state index in [-0.39, 0.29) is 32.6 Å². The molecule has 8 nitrogen and oxygen atoms in total. The molecule has 28 heavy (non-hydrogen) atoms. The number of benzene rings is 2. The van der Waals surface area contributed by atoms with Gasteiger partial charge in [-0.15, -0.1) is 0 Å². The Balaban J connectivity index is 1.99. The van der Waals surface area contributed by atoms with Crippen molar-refractivity contribution in [2.24, 2.45) is 5.10 Å². The molecule has 1 aliphatic rings. The number of carboxylic acid groups (broad SMARTS) is 1. The number of nitrogens with zero attached hydrogens (tertiary/aromatic N) is 3. The largest absolute Gasteiger partial charge is 0.478 e. The number of aromatic carboxylic acids is 1. The first-order valence-electron chi connectivity index (χ1n) is 7.77. The number of amides is 1. The summed E-state index contributed by atoms with van der Waals surface area (Å²) in [5, 5.41) is 25.5. The van der Waals surface area contributed by atoms with Crippen LogP contribution < -0.4 is 5.01 Å². The van der Waals surface area contributed by atoms with Crippen LogP contribution in [0, 0.1) is 10.1 Å². The van der Waals surface area contributed by atoms with Crippen molar-refractivity contribution in [1.29, 1.82) is 0 Å². The average molecular weight is 420 g/mol. The molecule has 0 spiro atoms. The molecular weight excluding hydrogens is 409 g/mol. The van der Waals surface area contributed by atoms with Crippen molar-refractivity contribution in [3.05, 3.63) is 73.3 Å². The highest BCUT2D eigenvalue weighted by Crippen LogP contribution is 2.30. The average Bonchev–Trinajstić information content (AvgIpc) is 2.91. The van der Waals surface area contributed by atoms with Crippen molar-refractivity contribution in [1.82, 2.24) is 0 Å². The van der Waals surface area contributed by atoms with Crippen molar-refractivity contribution < 1.29 is 19.6 Å². The summed E-state index contributed by atoms with van der Waals surface area (Å²) in [7, 11) is 0.